The Hall–Kier alpha value is -0.412. The van der Waals surface area contributed by atoms with Crippen molar-refractivity contribution in [2.45, 2.75) is 6.42 Å². The van der Waals surface area contributed by atoms with Crippen LogP contribution in [0.1, 0.15) is 6.42 Å². The van der Waals surface area contributed by atoms with Crippen molar-refractivity contribution in [3.05, 3.63) is 5.73 Å². The minimum Gasteiger partial charge on any atom is -0.680 e. The van der Waals surface area contributed by atoms with Gasteiger partial charge in [0, 0.05) is 0 Å². The zero-order valence-corrected chi connectivity index (χ0v) is 7.51. The third-order valence-corrected chi connectivity index (χ3v) is 0.302. The standard InChI is InChI=1S/C3H4O4.CH4N.Pt/c4-2(5)1-3(6)7;1-2;/h1H2,(H,4,5)(H,6,7);2H,1H3;/q;-1;+2. The minimum atomic E-state index is -1.31. The Morgan fingerprint density at radius 2 is 1.40 bits per heavy atom. The van der Waals surface area contributed by atoms with Gasteiger partial charge in [0.15, 0.2) is 0 Å². The summed E-state index contributed by atoms with van der Waals surface area (Å²) in [6.07, 6.45) is -0.806. The third-order valence-electron chi connectivity index (χ3n) is 0.302. The molecular formula is C4H8NO4Pt+. The number of carboxylic acid groups (broad SMARTS) is 2. The Morgan fingerprint density at radius 1 is 1.20 bits per heavy atom. The van der Waals surface area contributed by atoms with Gasteiger partial charge >= 0.3 is 33.0 Å². The molecule has 10 heavy (non-hydrogen) atoms. The Kier molecular flexibility index (Phi) is 18.6. The Bertz CT molecular complexity index is 93.4. The zero-order valence-electron chi connectivity index (χ0n) is 5.23. The van der Waals surface area contributed by atoms with Gasteiger partial charge in [0.25, 0.3) is 0 Å². The number of hydrogen-bond acceptors (Lipinski definition) is 2. The van der Waals surface area contributed by atoms with Gasteiger partial charge < -0.3 is 15.9 Å². The van der Waals surface area contributed by atoms with E-state index < -0.39 is 18.4 Å². The molecule has 0 amide bonds. The van der Waals surface area contributed by atoms with Gasteiger partial charge in [-0.1, -0.05) is 0 Å². The quantitative estimate of drug-likeness (QED) is 0.708. The molecule has 0 unspecified atom stereocenters. The molecule has 62 valence electrons. The summed E-state index contributed by atoms with van der Waals surface area (Å²) in [6.45, 7) is 0. The van der Waals surface area contributed by atoms with Crippen molar-refractivity contribution in [3.8, 4) is 0 Å². The van der Waals surface area contributed by atoms with Crippen LogP contribution in [0.4, 0.5) is 0 Å². The first-order valence-electron chi connectivity index (χ1n) is 2.06. The molecule has 0 aromatic heterocycles. The molecule has 3 N–H and O–H groups in total. The topological polar surface area (TPSA) is 98.4 Å². The van der Waals surface area contributed by atoms with Gasteiger partial charge in [-0.2, -0.15) is 7.05 Å². The van der Waals surface area contributed by atoms with Crippen molar-refractivity contribution in [1.29, 1.82) is 0 Å². The fraction of sp³-hybridized carbons (Fsp3) is 0.500. The molecular weight excluding hydrogens is 321 g/mol. The van der Waals surface area contributed by atoms with E-state index in [1.165, 1.54) is 7.05 Å². The predicted octanol–water partition coefficient (Wildman–Crippen LogP) is 0.212. The number of hydrogen-bond donors (Lipinski definition) is 2. The summed E-state index contributed by atoms with van der Waals surface area (Å²) in [5.41, 5.74) is 5.75. The van der Waals surface area contributed by atoms with Gasteiger partial charge in [-0.15, -0.1) is 0 Å². The fourth-order valence-electron chi connectivity index (χ4n) is 0.129. The van der Waals surface area contributed by atoms with Gasteiger partial charge in [-0.25, -0.2) is 0 Å². The maximum atomic E-state index is 9.43. The van der Waals surface area contributed by atoms with Crippen LogP contribution in [0, 0.1) is 0 Å². The van der Waals surface area contributed by atoms with Crippen molar-refractivity contribution < 1.29 is 40.9 Å². The maximum absolute atomic E-state index is 9.43. The average Bonchev–Trinajstić information content (AvgIpc) is 1.68. The maximum Gasteiger partial charge on any atom is 2.00 e. The monoisotopic (exact) mass is 329 g/mol. The molecule has 0 saturated heterocycles. The van der Waals surface area contributed by atoms with Crippen LogP contribution < -0.4 is 0 Å². The molecule has 0 atom stereocenters. The van der Waals surface area contributed by atoms with Crippen LogP contribution in [0.5, 0.6) is 0 Å². The molecule has 0 fully saturated rings. The predicted molar refractivity (Wildman–Crippen MR) is 30.1 cm³/mol. The fourth-order valence-corrected chi connectivity index (χ4v) is 0.129. The first-order valence-corrected chi connectivity index (χ1v) is 2.06. The summed E-state index contributed by atoms with van der Waals surface area (Å²) in [4.78, 5) is 18.9. The van der Waals surface area contributed by atoms with E-state index in [0.717, 1.165) is 0 Å². The first kappa shape index (κ1) is 16.3. The number of carbonyl (C=O) groups is 2. The van der Waals surface area contributed by atoms with E-state index in [-0.39, 0.29) is 21.1 Å². The molecule has 0 rings (SSSR count). The van der Waals surface area contributed by atoms with Crippen LogP contribution in [0.25, 0.3) is 5.73 Å². The zero-order chi connectivity index (χ0) is 7.86. The third kappa shape index (κ3) is 25.6. The second-order valence-electron chi connectivity index (χ2n) is 0.964. The SMILES string of the molecule is C[NH-].O=C(O)CC(=O)O.[Pt+2]. The molecule has 6 heteroatoms. The summed E-state index contributed by atoms with van der Waals surface area (Å²) in [5.74, 6) is -2.62. The van der Waals surface area contributed by atoms with E-state index in [2.05, 4.69) is 0 Å². The average molecular weight is 329 g/mol. The normalized spacial score (nSPS) is 6.20. The van der Waals surface area contributed by atoms with Crippen LogP contribution in [-0.2, 0) is 30.7 Å². The summed E-state index contributed by atoms with van der Waals surface area (Å²) in [6, 6.07) is 0. The van der Waals surface area contributed by atoms with Crippen LogP contribution in [0.3, 0.4) is 0 Å². The molecule has 0 aliphatic heterocycles. The second-order valence-corrected chi connectivity index (χ2v) is 0.964. The van der Waals surface area contributed by atoms with E-state index >= 15 is 0 Å². The second kappa shape index (κ2) is 11.4. The number of rotatable bonds is 2. The van der Waals surface area contributed by atoms with Crippen LogP contribution in [-0.4, -0.2) is 29.2 Å². The summed E-state index contributed by atoms with van der Waals surface area (Å²) < 4.78 is 0. The number of carboxylic acids is 2. The van der Waals surface area contributed by atoms with E-state index in [1.807, 2.05) is 0 Å². The minimum absolute atomic E-state index is 0. The van der Waals surface area contributed by atoms with Crippen LogP contribution >= 0.6 is 0 Å². The van der Waals surface area contributed by atoms with E-state index in [0.29, 0.717) is 0 Å². The molecule has 0 saturated carbocycles. The van der Waals surface area contributed by atoms with Crippen molar-refractivity contribution in [2.75, 3.05) is 7.05 Å². The van der Waals surface area contributed by atoms with Crippen LogP contribution in [0.15, 0.2) is 0 Å². The molecule has 0 aliphatic carbocycles. The Balaban J connectivity index is -0.000000149. The van der Waals surface area contributed by atoms with Crippen molar-refractivity contribution in [1.82, 2.24) is 0 Å². The van der Waals surface area contributed by atoms with Gasteiger partial charge in [-0.3, -0.25) is 9.59 Å². The Morgan fingerprint density at radius 3 is 1.40 bits per heavy atom. The summed E-state index contributed by atoms with van der Waals surface area (Å²) in [7, 11) is 1.25. The molecule has 0 radical (unpaired) electrons. The first-order chi connectivity index (χ1) is 4.13. The smallest absolute Gasteiger partial charge is 0.680 e. The van der Waals surface area contributed by atoms with Crippen molar-refractivity contribution in [3.63, 3.8) is 0 Å². The number of nitrogens with one attached hydrogen (secondary N) is 1. The van der Waals surface area contributed by atoms with Gasteiger partial charge in [0.1, 0.15) is 6.42 Å². The van der Waals surface area contributed by atoms with Crippen molar-refractivity contribution in [2.24, 2.45) is 0 Å². The molecule has 0 aromatic carbocycles. The largest absolute Gasteiger partial charge is 2.00 e. The van der Waals surface area contributed by atoms with Gasteiger partial charge in [-0.05, 0) is 0 Å². The van der Waals surface area contributed by atoms with Gasteiger partial charge in [0.05, 0.1) is 0 Å². The molecule has 0 spiro atoms. The molecule has 0 heterocycles. The van der Waals surface area contributed by atoms with E-state index in [9.17, 15) is 9.59 Å². The molecule has 0 bridgehead atoms. The van der Waals surface area contributed by atoms with Crippen LogP contribution in [0.2, 0.25) is 0 Å². The molecule has 5 nitrogen and oxygen atoms in total. The molecule has 0 aliphatic rings. The van der Waals surface area contributed by atoms with Gasteiger partial charge in [0.2, 0.25) is 0 Å². The summed E-state index contributed by atoms with van der Waals surface area (Å²) in [5, 5.41) is 15.4. The Labute approximate surface area is 72.5 Å². The van der Waals surface area contributed by atoms with Crippen molar-refractivity contribution >= 4 is 11.9 Å². The molecule has 0 aromatic rings. The number of aliphatic carboxylic acids is 2. The van der Waals surface area contributed by atoms with E-state index in [1.54, 1.807) is 0 Å². The summed E-state index contributed by atoms with van der Waals surface area (Å²) >= 11 is 0. The van der Waals surface area contributed by atoms with E-state index in [4.69, 9.17) is 15.9 Å².